The number of carbonyl (C=O) groups is 1. The van der Waals surface area contributed by atoms with E-state index in [2.05, 4.69) is 31.7 Å². The van der Waals surface area contributed by atoms with Crippen LogP contribution in [0.4, 0.5) is 19.4 Å². The van der Waals surface area contributed by atoms with E-state index in [1.54, 1.807) is 27.8 Å². The average molecular weight is 387 g/mol. The second-order valence-corrected chi connectivity index (χ2v) is 6.49. The number of anilines is 1. The van der Waals surface area contributed by atoms with Gasteiger partial charge in [0.2, 0.25) is 0 Å². The highest BCUT2D eigenvalue weighted by Crippen LogP contribution is 2.26. The number of benzene rings is 1. The maximum Gasteiger partial charge on any atom is 0.321 e. The van der Waals surface area contributed by atoms with Gasteiger partial charge >= 0.3 is 6.03 Å². The lowest BCUT2D eigenvalue weighted by Gasteiger charge is -2.27. The fourth-order valence-electron chi connectivity index (χ4n) is 2.25. The first-order valence-electron chi connectivity index (χ1n) is 6.85. The molecule has 2 amide bonds. The van der Waals surface area contributed by atoms with Crippen molar-refractivity contribution >= 4 is 27.8 Å². The Labute approximate surface area is 141 Å². The zero-order valence-electron chi connectivity index (χ0n) is 13.2. The predicted molar refractivity (Wildman–Crippen MR) is 87.2 cm³/mol. The number of halogens is 3. The van der Waals surface area contributed by atoms with E-state index in [-0.39, 0.29) is 5.56 Å². The summed E-state index contributed by atoms with van der Waals surface area (Å²) in [4.78, 5) is 12.2. The topological polar surface area (TPSA) is 59.0 Å². The van der Waals surface area contributed by atoms with Gasteiger partial charge in [0.15, 0.2) is 0 Å². The molecule has 23 heavy (non-hydrogen) atoms. The molecule has 2 N–H and O–H groups in total. The lowest BCUT2D eigenvalue weighted by Crippen LogP contribution is -2.44. The van der Waals surface area contributed by atoms with Gasteiger partial charge in [0.25, 0.3) is 0 Å². The average Bonchev–Trinajstić information content (AvgIpc) is 2.64. The van der Waals surface area contributed by atoms with Crippen LogP contribution in [0.5, 0.6) is 0 Å². The van der Waals surface area contributed by atoms with Gasteiger partial charge in [0.05, 0.1) is 15.7 Å². The number of aryl methyl sites for hydroxylation is 2. The minimum absolute atomic E-state index is 0.189. The Balaban J connectivity index is 2.18. The van der Waals surface area contributed by atoms with Crippen LogP contribution in [-0.2, 0) is 12.6 Å². The number of amides is 2. The highest BCUT2D eigenvalue weighted by Gasteiger charge is 2.27. The quantitative estimate of drug-likeness (QED) is 0.841. The number of carbonyl (C=O) groups excluding carboxylic acids is 1. The molecule has 1 aromatic carbocycles. The molecule has 0 aliphatic heterocycles. The second kappa shape index (κ2) is 6.27. The highest BCUT2D eigenvalue weighted by atomic mass is 79.9. The smallest absolute Gasteiger partial charge is 0.321 e. The maximum atomic E-state index is 13.9. The normalized spacial score (nSPS) is 11.4. The van der Waals surface area contributed by atoms with Gasteiger partial charge in [-0.3, -0.25) is 10.00 Å². The minimum atomic E-state index is -1.03. The number of nitrogens with one attached hydrogen (secondary N) is 2. The van der Waals surface area contributed by atoms with Crippen molar-refractivity contribution in [3.63, 3.8) is 0 Å². The molecule has 0 fully saturated rings. The van der Waals surface area contributed by atoms with Gasteiger partial charge in [-0.25, -0.2) is 13.6 Å². The van der Waals surface area contributed by atoms with Crippen LogP contribution in [0.15, 0.2) is 22.7 Å². The van der Waals surface area contributed by atoms with Gasteiger partial charge < -0.3 is 5.32 Å². The summed E-state index contributed by atoms with van der Waals surface area (Å²) in [6.07, 6.45) is 0. The van der Waals surface area contributed by atoms with Gasteiger partial charge in [-0.1, -0.05) is 6.07 Å². The van der Waals surface area contributed by atoms with Gasteiger partial charge in [-0.05, 0) is 42.8 Å². The Morgan fingerprint density at radius 2 is 2.00 bits per heavy atom. The third-order valence-corrected chi connectivity index (χ3v) is 4.36. The van der Waals surface area contributed by atoms with E-state index in [1.807, 2.05) is 0 Å². The summed E-state index contributed by atoms with van der Waals surface area (Å²) in [5.74, 6) is -0.899. The van der Waals surface area contributed by atoms with E-state index in [1.165, 1.54) is 10.7 Å². The Hall–Kier alpha value is -1.96. The summed E-state index contributed by atoms with van der Waals surface area (Å²) in [5, 5.41) is 9.50. The third kappa shape index (κ3) is 3.69. The van der Waals surface area contributed by atoms with E-state index in [4.69, 9.17) is 0 Å². The summed E-state index contributed by atoms with van der Waals surface area (Å²) in [5.41, 5.74) is -0.108. The molecule has 2 rings (SSSR count). The van der Waals surface area contributed by atoms with E-state index in [0.29, 0.717) is 10.3 Å². The molecule has 0 bridgehead atoms. The molecule has 0 radical (unpaired) electrons. The van der Waals surface area contributed by atoms with Crippen molar-refractivity contribution in [2.24, 2.45) is 7.05 Å². The van der Waals surface area contributed by atoms with Crippen LogP contribution in [0.3, 0.4) is 0 Å². The van der Waals surface area contributed by atoms with Gasteiger partial charge in [0.1, 0.15) is 17.5 Å². The summed E-state index contributed by atoms with van der Waals surface area (Å²) >= 11 is 3.35. The summed E-state index contributed by atoms with van der Waals surface area (Å²) in [6, 6.07) is 2.73. The van der Waals surface area contributed by atoms with Crippen LogP contribution < -0.4 is 10.6 Å². The molecule has 2 aromatic rings. The highest BCUT2D eigenvalue weighted by molar-refractivity contribution is 9.10. The lowest BCUT2D eigenvalue weighted by molar-refractivity contribution is 0.241. The van der Waals surface area contributed by atoms with E-state index < -0.39 is 23.2 Å². The van der Waals surface area contributed by atoms with Crippen LogP contribution in [0.2, 0.25) is 0 Å². The Morgan fingerprint density at radius 1 is 1.35 bits per heavy atom. The number of hydrogen-bond donors (Lipinski definition) is 2. The Bertz CT molecular complexity index is 758. The monoisotopic (exact) mass is 386 g/mol. The molecule has 0 saturated carbocycles. The number of nitrogens with zero attached hydrogens (tertiary/aromatic N) is 2. The molecule has 0 aliphatic carbocycles. The Morgan fingerprint density at radius 3 is 2.52 bits per heavy atom. The second-order valence-electron chi connectivity index (χ2n) is 5.70. The molecule has 8 heteroatoms. The summed E-state index contributed by atoms with van der Waals surface area (Å²) in [6.45, 7) is 5.06. The van der Waals surface area contributed by atoms with E-state index in [0.717, 1.165) is 17.8 Å². The molecular formula is C15H17BrF2N4O. The number of rotatable bonds is 3. The molecule has 0 aliphatic rings. The zero-order valence-corrected chi connectivity index (χ0v) is 14.8. The molecule has 124 valence electrons. The zero-order chi connectivity index (χ0) is 17.4. The fourth-order valence-corrected chi connectivity index (χ4v) is 2.69. The molecule has 0 atom stereocenters. The fraction of sp³-hybridized carbons (Fsp3) is 0.333. The number of hydrogen-bond acceptors (Lipinski definition) is 2. The van der Waals surface area contributed by atoms with Crippen LogP contribution in [0, 0.1) is 18.6 Å². The van der Waals surface area contributed by atoms with Gasteiger partial charge in [-0.15, -0.1) is 0 Å². The SMILES string of the molecule is Cc1nn(C)c(NC(=O)NC(C)(C)c2ccc(F)cc2F)c1Br. The molecule has 0 spiro atoms. The first-order valence-corrected chi connectivity index (χ1v) is 7.65. The molecule has 0 saturated heterocycles. The van der Waals surface area contributed by atoms with Gasteiger partial charge in [-0.2, -0.15) is 5.10 Å². The molecule has 0 unspecified atom stereocenters. The van der Waals surface area contributed by atoms with Crippen LogP contribution in [0.25, 0.3) is 0 Å². The van der Waals surface area contributed by atoms with Crippen molar-refractivity contribution < 1.29 is 13.6 Å². The van der Waals surface area contributed by atoms with Crippen molar-refractivity contribution in [1.29, 1.82) is 0 Å². The summed E-state index contributed by atoms with van der Waals surface area (Å²) in [7, 11) is 1.69. The van der Waals surface area contributed by atoms with Crippen molar-refractivity contribution in [3.05, 3.63) is 45.6 Å². The standard InChI is InChI=1S/C15H17BrF2N4O/c1-8-12(16)13(22(4)21-8)19-14(23)20-15(2,3)10-6-5-9(17)7-11(10)18/h5-7H,1-4H3,(H2,19,20,23). The van der Waals surface area contributed by atoms with Crippen molar-refractivity contribution in [2.75, 3.05) is 5.32 Å². The van der Waals surface area contributed by atoms with Crippen molar-refractivity contribution in [2.45, 2.75) is 26.3 Å². The van der Waals surface area contributed by atoms with Gasteiger partial charge in [0, 0.05) is 18.7 Å². The molecule has 5 nitrogen and oxygen atoms in total. The predicted octanol–water partition coefficient (Wildman–Crippen LogP) is 3.83. The first-order chi connectivity index (χ1) is 10.6. The van der Waals surface area contributed by atoms with Crippen LogP contribution in [-0.4, -0.2) is 15.8 Å². The summed E-state index contributed by atoms with van der Waals surface area (Å²) < 4.78 is 29.1. The molecule has 1 heterocycles. The van der Waals surface area contributed by atoms with E-state index >= 15 is 0 Å². The molecule has 1 aromatic heterocycles. The third-order valence-electron chi connectivity index (χ3n) is 3.41. The number of aromatic nitrogens is 2. The van der Waals surface area contributed by atoms with Crippen LogP contribution >= 0.6 is 15.9 Å². The Kier molecular flexibility index (Phi) is 4.74. The first kappa shape index (κ1) is 17.4. The van der Waals surface area contributed by atoms with Crippen molar-refractivity contribution in [3.8, 4) is 0 Å². The van der Waals surface area contributed by atoms with Crippen molar-refractivity contribution in [1.82, 2.24) is 15.1 Å². The van der Waals surface area contributed by atoms with Crippen LogP contribution in [0.1, 0.15) is 25.1 Å². The largest absolute Gasteiger partial charge is 0.329 e. The lowest BCUT2D eigenvalue weighted by atomic mass is 9.94. The minimum Gasteiger partial charge on any atom is -0.329 e. The van der Waals surface area contributed by atoms with E-state index in [9.17, 15) is 13.6 Å². The molecular weight excluding hydrogens is 370 g/mol. The maximum absolute atomic E-state index is 13.9. The number of urea groups is 1.